The number of amides is 1. The van der Waals surface area contributed by atoms with Crippen molar-refractivity contribution in [2.75, 3.05) is 13.2 Å². The fourth-order valence-corrected chi connectivity index (χ4v) is 11.4. The van der Waals surface area contributed by atoms with Gasteiger partial charge in [-0.25, -0.2) is 0 Å². The fraction of sp³-hybridized carbons (Fsp3) is 0.892. The number of esters is 1. The summed E-state index contributed by atoms with van der Waals surface area (Å²) in [4.78, 5) is 24.6. The molecule has 0 aromatic heterocycles. The van der Waals surface area contributed by atoms with Gasteiger partial charge in [-0.3, -0.25) is 9.59 Å². The van der Waals surface area contributed by atoms with Crippen LogP contribution >= 0.6 is 0 Å². The molecule has 0 saturated heterocycles. The Labute approximate surface area is 500 Å². The van der Waals surface area contributed by atoms with E-state index in [2.05, 4.69) is 55.6 Å². The monoisotopic (exact) mass is 1120 g/mol. The summed E-state index contributed by atoms with van der Waals surface area (Å²) < 4.78 is 5.50. The van der Waals surface area contributed by atoms with Gasteiger partial charge in [0.15, 0.2) is 0 Å². The molecular weight excluding hydrogens is 983 g/mol. The van der Waals surface area contributed by atoms with Crippen molar-refractivity contribution >= 4 is 11.9 Å². The Morgan fingerprint density at radius 1 is 0.350 bits per heavy atom. The molecule has 1 amide bonds. The Morgan fingerprint density at radius 2 is 0.625 bits per heavy atom. The largest absolute Gasteiger partial charge is 0.466 e. The van der Waals surface area contributed by atoms with Crippen LogP contribution < -0.4 is 5.32 Å². The minimum Gasteiger partial charge on any atom is -0.466 e. The Morgan fingerprint density at radius 3 is 0.988 bits per heavy atom. The molecule has 80 heavy (non-hydrogen) atoms. The molecule has 0 aliphatic carbocycles. The summed E-state index contributed by atoms with van der Waals surface area (Å²) >= 11 is 0. The predicted molar refractivity (Wildman–Crippen MR) is 352 cm³/mol. The molecule has 6 nitrogen and oxygen atoms in total. The number of carbonyl (C=O) groups excluding carboxylic acids is 2. The maximum atomic E-state index is 12.6. The van der Waals surface area contributed by atoms with E-state index >= 15 is 0 Å². The Bertz CT molecular complexity index is 1300. The Hall–Kier alpha value is -1.92. The highest BCUT2D eigenvalue weighted by Gasteiger charge is 2.20. The standard InChI is InChI=1S/C74H141NO5/c1-3-5-7-9-11-13-15-17-19-21-22-23-25-28-31-35-38-42-46-50-54-58-62-66-72(77)71(70-76)75-73(78)67-63-59-55-51-47-43-39-36-32-29-26-24-27-30-33-37-41-45-49-53-57-61-65-69-80-74(79)68-64-60-56-52-48-44-40-34-20-18-16-14-12-10-8-6-4-2/h12,14,18,20,29,32,71-72,76-77H,3-11,13,15-17,19,21-28,30-31,33-70H2,1-2H3,(H,75,78)/b14-12-,20-18-,32-29-. The lowest BCUT2D eigenvalue weighted by molar-refractivity contribution is -0.143. The van der Waals surface area contributed by atoms with E-state index in [-0.39, 0.29) is 18.5 Å². The third kappa shape index (κ3) is 65.2. The van der Waals surface area contributed by atoms with Gasteiger partial charge in [0.2, 0.25) is 5.91 Å². The minimum atomic E-state index is -0.670. The predicted octanol–water partition coefficient (Wildman–Crippen LogP) is 23.5. The average molecular weight is 1120 g/mol. The lowest BCUT2D eigenvalue weighted by Crippen LogP contribution is -2.45. The Kier molecular flexibility index (Phi) is 67.9. The second-order valence-corrected chi connectivity index (χ2v) is 24.9. The molecule has 2 atom stereocenters. The molecule has 0 aromatic rings. The summed E-state index contributed by atoms with van der Waals surface area (Å²) in [5, 5.41) is 23.4. The highest BCUT2D eigenvalue weighted by molar-refractivity contribution is 5.76. The molecule has 0 heterocycles. The number of rotatable bonds is 68. The molecule has 472 valence electrons. The van der Waals surface area contributed by atoms with Crippen LogP contribution in [-0.2, 0) is 14.3 Å². The van der Waals surface area contributed by atoms with Crippen LogP contribution in [0.1, 0.15) is 399 Å². The van der Waals surface area contributed by atoms with Gasteiger partial charge in [-0.1, -0.05) is 339 Å². The van der Waals surface area contributed by atoms with Crippen LogP contribution in [0.5, 0.6) is 0 Å². The van der Waals surface area contributed by atoms with E-state index in [1.807, 2.05) is 0 Å². The van der Waals surface area contributed by atoms with Crippen LogP contribution in [0.2, 0.25) is 0 Å². The molecule has 0 bridgehead atoms. The first-order valence-electron chi connectivity index (χ1n) is 36.2. The quantitative estimate of drug-likeness (QED) is 0.0320. The fourth-order valence-electron chi connectivity index (χ4n) is 11.4. The zero-order valence-electron chi connectivity index (χ0n) is 54.1. The van der Waals surface area contributed by atoms with Gasteiger partial charge in [0.25, 0.3) is 0 Å². The summed E-state index contributed by atoms with van der Waals surface area (Å²) in [5.74, 6) is -0.0326. The summed E-state index contributed by atoms with van der Waals surface area (Å²) in [6.07, 6.45) is 89.0. The second kappa shape index (κ2) is 69.6. The van der Waals surface area contributed by atoms with Crippen LogP contribution in [0.4, 0.5) is 0 Å². The van der Waals surface area contributed by atoms with Crippen molar-refractivity contribution in [1.82, 2.24) is 5.32 Å². The first kappa shape index (κ1) is 78.1. The zero-order valence-corrected chi connectivity index (χ0v) is 54.1. The lowest BCUT2D eigenvalue weighted by Gasteiger charge is -2.22. The number of hydrogen-bond donors (Lipinski definition) is 3. The van der Waals surface area contributed by atoms with Gasteiger partial charge >= 0.3 is 5.97 Å². The van der Waals surface area contributed by atoms with E-state index in [1.165, 1.54) is 315 Å². The molecule has 0 spiro atoms. The van der Waals surface area contributed by atoms with Crippen LogP contribution in [0.15, 0.2) is 36.5 Å². The summed E-state index contributed by atoms with van der Waals surface area (Å²) in [6, 6.07) is -0.548. The summed E-state index contributed by atoms with van der Waals surface area (Å²) in [5.41, 5.74) is 0. The summed E-state index contributed by atoms with van der Waals surface area (Å²) in [6.45, 7) is 4.96. The van der Waals surface area contributed by atoms with Gasteiger partial charge in [0, 0.05) is 12.8 Å². The maximum Gasteiger partial charge on any atom is 0.305 e. The van der Waals surface area contributed by atoms with Crippen LogP contribution in [-0.4, -0.2) is 47.4 Å². The third-order valence-electron chi connectivity index (χ3n) is 16.9. The normalized spacial score (nSPS) is 12.7. The second-order valence-electron chi connectivity index (χ2n) is 24.9. The topological polar surface area (TPSA) is 95.9 Å². The van der Waals surface area contributed by atoms with E-state index in [4.69, 9.17) is 4.74 Å². The average Bonchev–Trinajstić information content (AvgIpc) is 3.46. The molecular formula is C74H141NO5. The van der Waals surface area contributed by atoms with Gasteiger partial charge in [-0.2, -0.15) is 0 Å². The molecule has 0 fully saturated rings. The minimum absolute atomic E-state index is 0.00450. The smallest absolute Gasteiger partial charge is 0.305 e. The van der Waals surface area contributed by atoms with Crippen LogP contribution in [0.25, 0.3) is 0 Å². The number of aliphatic hydroxyl groups is 2. The number of aliphatic hydroxyl groups excluding tert-OH is 2. The van der Waals surface area contributed by atoms with Crippen molar-refractivity contribution < 1.29 is 24.5 Å². The summed E-state index contributed by atoms with van der Waals surface area (Å²) in [7, 11) is 0. The molecule has 2 unspecified atom stereocenters. The van der Waals surface area contributed by atoms with E-state index in [1.54, 1.807) is 0 Å². The first-order valence-corrected chi connectivity index (χ1v) is 36.2. The molecule has 0 radical (unpaired) electrons. The van der Waals surface area contributed by atoms with Gasteiger partial charge in [0.05, 0.1) is 25.4 Å². The third-order valence-corrected chi connectivity index (χ3v) is 16.9. The van der Waals surface area contributed by atoms with Gasteiger partial charge in [-0.05, 0) is 83.5 Å². The number of carbonyl (C=O) groups is 2. The number of ether oxygens (including phenoxy) is 1. The van der Waals surface area contributed by atoms with Gasteiger partial charge in [-0.15, -0.1) is 0 Å². The first-order chi connectivity index (χ1) is 39.5. The number of hydrogen-bond acceptors (Lipinski definition) is 5. The number of unbranched alkanes of at least 4 members (excludes halogenated alkanes) is 51. The molecule has 0 aliphatic heterocycles. The molecule has 0 saturated carbocycles. The van der Waals surface area contributed by atoms with E-state index in [0.29, 0.717) is 25.9 Å². The van der Waals surface area contributed by atoms with E-state index in [0.717, 1.165) is 51.4 Å². The maximum absolute atomic E-state index is 12.6. The van der Waals surface area contributed by atoms with Crippen molar-refractivity contribution in [3.8, 4) is 0 Å². The van der Waals surface area contributed by atoms with Crippen LogP contribution in [0, 0.1) is 0 Å². The van der Waals surface area contributed by atoms with Crippen molar-refractivity contribution in [1.29, 1.82) is 0 Å². The van der Waals surface area contributed by atoms with E-state index < -0.39 is 12.1 Å². The molecule has 0 aromatic carbocycles. The molecule has 3 N–H and O–H groups in total. The highest BCUT2D eigenvalue weighted by Crippen LogP contribution is 2.19. The Balaban J connectivity index is 3.41. The van der Waals surface area contributed by atoms with Gasteiger partial charge < -0.3 is 20.3 Å². The number of nitrogens with one attached hydrogen (secondary N) is 1. The van der Waals surface area contributed by atoms with Crippen LogP contribution in [0.3, 0.4) is 0 Å². The lowest BCUT2D eigenvalue weighted by atomic mass is 10.0. The van der Waals surface area contributed by atoms with Crippen molar-refractivity contribution in [2.24, 2.45) is 0 Å². The number of allylic oxidation sites excluding steroid dienone is 6. The molecule has 0 aliphatic rings. The van der Waals surface area contributed by atoms with Crippen molar-refractivity contribution in [3.63, 3.8) is 0 Å². The molecule has 0 rings (SSSR count). The highest BCUT2D eigenvalue weighted by atomic mass is 16.5. The SMILES string of the molecule is CCCCC/C=C\C/C=C\CCCCCCCCCC(=O)OCCCCCCCCCCCCCC/C=C\CCCCCCCCCC(=O)NC(CO)C(O)CCCCCCCCCCCCCCCCCCCCCCCCC. The van der Waals surface area contributed by atoms with E-state index in [9.17, 15) is 19.8 Å². The zero-order chi connectivity index (χ0) is 57.8. The van der Waals surface area contributed by atoms with Gasteiger partial charge in [0.1, 0.15) is 0 Å². The molecule has 6 heteroatoms. The van der Waals surface area contributed by atoms with Crippen molar-refractivity contribution in [2.45, 2.75) is 411 Å². The van der Waals surface area contributed by atoms with Crippen molar-refractivity contribution in [3.05, 3.63) is 36.5 Å².